The predicted octanol–water partition coefficient (Wildman–Crippen LogP) is 2.62. The maximum atomic E-state index is 8.90. The van der Waals surface area contributed by atoms with Crippen LogP contribution in [-0.4, -0.2) is 14.9 Å². The van der Waals surface area contributed by atoms with Gasteiger partial charge in [-0.15, -0.1) is 0 Å². The molecule has 0 amide bonds. The Morgan fingerprint density at radius 1 is 1.40 bits per heavy atom. The van der Waals surface area contributed by atoms with E-state index in [4.69, 9.17) is 16.7 Å². The number of benzene rings is 1. The van der Waals surface area contributed by atoms with E-state index in [0.717, 1.165) is 9.26 Å². The molecule has 0 aliphatic heterocycles. The van der Waals surface area contributed by atoms with Crippen molar-refractivity contribution >= 4 is 34.2 Å². The Bertz CT molecular complexity index is 484. The van der Waals surface area contributed by atoms with Crippen LogP contribution in [0.15, 0.2) is 30.5 Å². The van der Waals surface area contributed by atoms with E-state index in [1.54, 1.807) is 16.9 Å². The molecule has 2 rings (SSSR count). The number of nitrogens with zero attached hydrogens (tertiary/aromatic N) is 2. The maximum Gasteiger partial charge on any atom is 0.0883 e. The average Bonchev–Trinajstić information content (AvgIpc) is 2.66. The van der Waals surface area contributed by atoms with Gasteiger partial charge < -0.3 is 5.11 Å². The van der Waals surface area contributed by atoms with Gasteiger partial charge in [-0.2, -0.15) is 5.10 Å². The standard InChI is InChI=1S/C10H8ClIN2O/c11-9-5-7(12)1-2-10(9)14-4-3-8(6-15)13-14/h1-5,15H,6H2. The Morgan fingerprint density at radius 2 is 2.20 bits per heavy atom. The van der Waals surface area contributed by atoms with Gasteiger partial charge in [0.1, 0.15) is 0 Å². The Kier molecular flexibility index (Phi) is 3.28. The van der Waals surface area contributed by atoms with Gasteiger partial charge in [0, 0.05) is 9.77 Å². The molecule has 2 aromatic rings. The first-order valence-electron chi connectivity index (χ1n) is 4.31. The van der Waals surface area contributed by atoms with E-state index in [-0.39, 0.29) is 6.61 Å². The van der Waals surface area contributed by atoms with E-state index >= 15 is 0 Å². The third kappa shape index (κ3) is 2.32. The number of aromatic nitrogens is 2. The Balaban J connectivity index is 2.44. The fraction of sp³-hybridized carbons (Fsp3) is 0.100. The van der Waals surface area contributed by atoms with Crippen molar-refractivity contribution in [2.24, 2.45) is 0 Å². The molecule has 0 saturated carbocycles. The van der Waals surface area contributed by atoms with Gasteiger partial charge in [0.25, 0.3) is 0 Å². The number of hydrogen-bond donors (Lipinski definition) is 1. The molecule has 0 saturated heterocycles. The van der Waals surface area contributed by atoms with Crippen molar-refractivity contribution in [2.45, 2.75) is 6.61 Å². The summed E-state index contributed by atoms with van der Waals surface area (Å²) in [6, 6.07) is 7.49. The van der Waals surface area contributed by atoms with E-state index in [2.05, 4.69) is 27.7 Å². The summed E-state index contributed by atoms with van der Waals surface area (Å²) in [6.07, 6.45) is 1.78. The molecule has 0 unspecified atom stereocenters. The minimum atomic E-state index is -0.0605. The monoisotopic (exact) mass is 334 g/mol. The number of aliphatic hydroxyl groups excluding tert-OH is 1. The van der Waals surface area contributed by atoms with Crippen LogP contribution < -0.4 is 0 Å². The Labute approximate surface area is 106 Å². The number of aliphatic hydroxyl groups is 1. The molecule has 78 valence electrons. The molecule has 15 heavy (non-hydrogen) atoms. The summed E-state index contributed by atoms with van der Waals surface area (Å²) in [7, 11) is 0. The fourth-order valence-electron chi connectivity index (χ4n) is 1.25. The highest BCUT2D eigenvalue weighted by Crippen LogP contribution is 2.22. The highest BCUT2D eigenvalue weighted by Gasteiger charge is 2.05. The minimum absolute atomic E-state index is 0.0605. The lowest BCUT2D eigenvalue weighted by Crippen LogP contribution is -1.97. The van der Waals surface area contributed by atoms with Gasteiger partial charge in [-0.1, -0.05) is 11.6 Å². The summed E-state index contributed by atoms with van der Waals surface area (Å²) >= 11 is 8.29. The van der Waals surface area contributed by atoms with Crippen molar-refractivity contribution in [1.29, 1.82) is 0 Å². The maximum absolute atomic E-state index is 8.90. The zero-order chi connectivity index (χ0) is 10.8. The molecule has 3 nitrogen and oxygen atoms in total. The lowest BCUT2D eigenvalue weighted by molar-refractivity contribution is 0.276. The number of hydrogen-bond acceptors (Lipinski definition) is 2. The van der Waals surface area contributed by atoms with Crippen molar-refractivity contribution in [3.8, 4) is 5.69 Å². The third-order valence-corrected chi connectivity index (χ3v) is 2.94. The molecule has 0 spiro atoms. The van der Waals surface area contributed by atoms with Gasteiger partial charge in [0.2, 0.25) is 0 Å². The van der Waals surface area contributed by atoms with E-state index < -0.39 is 0 Å². The van der Waals surface area contributed by atoms with Crippen LogP contribution in [0.25, 0.3) is 5.69 Å². The van der Waals surface area contributed by atoms with Crippen molar-refractivity contribution in [3.63, 3.8) is 0 Å². The first-order valence-corrected chi connectivity index (χ1v) is 5.77. The quantitative estimate of drug-likeness (QED) is 0.858. The van der Waals surface area contributed by atoms with E-state index in [1.807, 2.05) is 18.2 Å². The first-order chi connectivity index (χ1) is 7.20. The molecule has 1 heterocycles. The normalized spacial score (nSPS) is 10.6. The largest absolute Gasteiger partial charge is 0.390 e. The summed E-state index contributed by atoms with van der Waals surface area (Å²) in [5.74, 6) is 0. The van der Waals surface area contributed by atoms with E-state index in [0.29, 0.717) is 10.7 Å². The highest BCUT2D eigenvalue weighted by atomic mass is 127. The average molecular weight is 335 g/mol. The van der Waals surface area contributed by atoms with Crippen molar-refractivity contribution in [3.05, 3.63) is 44.7 Å². The smallest absolute Gasteiger partial charge is 0.0883 e. The summed E-state index contributed by atoms with van der Waals surface area (Å²) in [5, 5.41) is 13.7. The summed E-state index contributed by atoms with van der Waals surface area (Å²) in [6.45, 7) is -0.0605. The first kappa shape index (κ1) is 10.9. The number of rotatable bonds is 2. The van der Waals surface area contributed by atoms with Gasteiger partial charge in [0.05, 0.1) is 23.0 Å². The van der Waals surface area contributed by atoms with Gasteiger partial charge in [0.15, 0.2) is 0 Å². The van der Waals surface area contributed by atoms with Crippen LogP contribution in [0.2, 0.25) is 5.02 Å². The minimum Gasteiger partial charge on any atom is -0.390 e. The molecule has 1 N–H and O–H groups in total. The van der Waals surface area contributed by atoms with Gasteiger partial charge in [-0.25, -0.2) is 4.68 Å². The zero-order valence-corrected chi connectivity index (χ0v) is 10.6. The second-order valence-electron chi connectivity index (χ2n) is 3.01. The molecule has 0 atom stereocenters. The van der Waals surface area contributed by atoms with E-state index in [1.165, 1.54) is 0 Å². The topological polar surface area (TPSA) is 38.0 Å². The van der Waals surface area contributed by atoms with Crippen molar-refractivity contribution in [2.75, 3.05) is 0 Å². The van der Waals surface area contributed by atoms with Crippen LogP contribution in [0.1, 0.15) is 5.69 Å². The number of halogens is 2. The molecule has 5 heteroatoms. The second-order valence-corrected chi connectivity index (χ2v) is 4.66. The summed E-state index contributed by atoms with van der Waals surface area (Å²) < 4.78 is 2.74. The lowest BCUT2D eigenvalue weighted by atomic mass is 10.3. The van der Waals surface area contributed by atoms with Crippen LogP contribution in [0.3, 0.4) is 0 Å². The van der Waals surface area contributed by atoms with Gasteiger partial charge in [-0.3, -0.25) is 0 Å². The van der Waals surface area contributed by atoms with Gasteiger partial charge >= 0.3 is 0 Å². The van der Waals surface area contributed by atoms with Crippen molar-refractivity contribution in [1.82, 2.24) is 9.78 Å². The van der Waals surface area contributed by atoms with Crippen LogP contribution >= 0.6 is 34.2 Å². The Morgan fingerprint density at radius 3 is 2.80 bits per heavy atom. The van der Waals surface area contributed by atoms with Crippen molar-refractivity contribution < 1.29 is 5.11 Å². The molecule has 0 fully saturated rings. The highest BCUT2D eigenvalue weighted by molar-refractivity contribution is 14.1. The lowest BCUT2D eigenvalue weighted by Gasteiger charge is -2.04. The molecular formula is C10H8ClIN2O. The molecular weight excluding hydrogens is 326 g/mol. The molecule has 0 bridgehead atoms. The van der Waals surface area contributed by atoms with Gasteiger partial charge in [-0.05, 0) is 46.9 Å². The van der Waals surface area contributed by atoms with Crippen LogP contribution in [-0.2, 0) is 6.61 Å². The summed E-state index contributed by atoms with van der Waals surface area (Å²) in [5.41, 5.74) is 1.45. The molecule has 0 radical (unpaired) electrons. The van der Waals surface area contributed by atoms with Crippen LogP contribution in [0.4, 0.5) is 0 Å². The molecule has 1 aromatic carbocycles. The molecule has 1 aromatic heterocycles. The predicted molar refractivity (Wildman–Crippen MR) is 67.2 cm³/mol. The molecule has 0 aliphatic rings. The molecule has 0 aliphatic carbocycles. The van der Waals surface area contributed by atoms with Crippen LogP contribution in [0.5, 0.6) is 0 Å². The second kappa shape index (κ2) is 4.51. The zero-order valence-electron chi connectivity index (χ0n) is 7.69. The fourth-order valence-corrected chi connectivity index (χ4v) is 2.19. The summed E-state index contributed by atoms with van der Waals surface area (Å²) in [4.78, 5) is 0. The van der Waals surface area contributed by atoms with Crippen LogP contribution in [0, 0.1) is 3.57 Å². The third-order valence-electron chi connectivity index (χ3n) is 1.96. The SMILES string of the molecule is OCc1ccn(-c2ccc(I)cc2Cl)n1. The van der Waals surface area contributed by atoms with E-state index in [9.17, 15) is 0 Å². The Hall–Kier alpha value is -0.590.